The van der Waals surface area contributed by atoms with E-state index < -0.39 is 23.6 Å². The lowest BCUT2D eigenvalue weighted by Gasteiger charge is -2.36. The Labute approximate surface area is 243 Å². The number of amides is 1. The molecule has 1 amide bonds. The molecular weight excluding hydrogens is 538 g/mol. The van der Waals surface area contributed by atoms with Gasteiger partial charge in [-0.2, -0.15) is 5.10 Å². The lowest BCUT2D eigenvalue weighted by Crippen LogP contribution is -2.40. The molecule has 0 aliphatic carbocycles. The van der Waals surface area contributed by atoms with Crippen molar-refractivity contribution in [3.63, 3.8) is 0 Å². The van der Waals surface area contributed by atoms with Crippen LogP contribution >= 0.6 is 0 Å². The van der Waals surface area contributed by atoms with Gasteiger partial charge in [0.05, 0.1) is 17.5 Å². The van der Waals surface area contributed by atoms with Crippen molar-refractivity contribution in [3.8, 4) is 5.69 Å². The number of benzene rings is 3. The monoisotopic (exact) mass is 570 g/mol. The van der Waals surface area contributed by atoms with Crippen molar-refractivity contribution >= 4 is 11.9 Å². The van der Waals surface area contributed by atoms with Crippen molar-refractivity contribution in [1.82, 2.24) is 19.6 Å². The molecule has 2 aliphatic heterocycles. The molecule has 0 radical (unpaired) electrons. The zero-order valence-electron chi connectivity index (χ0n) is 23.1. The van der Waals surface area contributed by atoms with Crippen LogP contribution in [0.1, 0.15) is 64.3 Å². The first-order valence-corrected chi connectivity index (χ1v) is 14.3. The smallest absolute Gasteiger partial charge is 0.325 e. The minimum absolute atomic E-state index is 0.0733. The Morgan fingerprint density at radius 1 is 0.857 bits per heavy atom. The molecule has 2 fully saturated rings. The molecule has 1 N–H and O–H groups in total. The third kappa shape index (κ3) is 5.44. The number of hydrogen-bond donors (Lipinski definition) is 1. The Kier molecular flexibility index (Phi) is 7.84. The first-order chi connectivity index (χ1) is 20.4. The lowest BCUT2D eigenvalue weighted by molar-refractivity contribution is -0.144. The second kappa shape index (κ2) is 11.9. The summed E-state index contributed by atoms with van der Waals surface area (Å²) in [6.07, 6.45) is 3.45. The van der Waals surface area contributed by atoms with E-state index in [-0.39, 0.29) is 23.4 Å². The zero-order valence-corrected chi connectivity index (χ0v) is 23.1. The Balaban J connectivity index is 1.29. The molecule has 2 atom stereocenters. The number of carboxylic acids is 1. The lowest BCUT2D eigenvalue weighted by atomic mass is 9.89. The molecule has 0 saturated carbocycles. The standard InChI is InChI=1S/C33H32F2N4O3/c34-26-11-12-29(28(35)19-26)39-30(24-13-16-37(17-14-24)31(33(41)42)23-9-5-2-6-10-23)27(20-36-39)32(40)38-18-15-25(21-38)22-7-3-1-4-8-22/h1-12,19-20,24-25,31H,13-18,21H2,(H,41,42)/t25-,31?/m0/s1. The maximum absolute atomic E-state index is 15.0. The van der Waals surface area contributed by atoms with E-state index >= 15 is 4.39 Å². The van der Waals surface area contributed by atoms with Gasteiger partial charge in [0.1, 0.15) is 17.5 Å². The molecule has 4 aromatic rings. The fourth-order valence-electron chi connectivity index (χ4n) is 6.45. The van der Waals surface area contributed by atoms with Gasteiger partial charge in [-0.3, -0.25) is 14.5 Å². The van der Waals surface area contributed by atoms with Gasteiger partial charge in [-0.1, -0.05) is 60.7 Å². The molecule has 2 saturated heterocycles. The van der Waals surface area contributed by atoms with Gasteiger partial charge in [0, 0.05) is 31.0 Å². The van der Waals surface area contributed by atoms with Crippen LogP contribution in [-0.2, 0) is 4.79 Å². The fraction of sp³-hybridized carbons (Fsp3) is 0.303. The summed E-state index contributed by atoms with van der Waals surface area (Å²) in [6.45, 7) is 2.12. The first-order valence-electron chi connectivity index (χ1n) is 14.3. The molecule has 0 spiro atoms. The van der Waals surface area contributed by atoms with Gasteiger partial charge in [0.2, 0.25) is 0 Å². The van der Waals surface area contributed by atoms with Crippen LogP contribution in [0.25, 0.3) is 5.69 Å². The maximum atomic E-state index is 15.0. The third-order valence-corrected chi connectivity index (χ3v) is 8.55. The van der Waals surface area contributed by atoms with Crippen LogP contribution in [0.15, 0.2) is 85.1 Å². The zero-order chi connectivity index (χ0) is 29.2. The number of aliphatic carboxylic acids is 1. The molecule has 6 rings (SSSR count). The van der Waals surface area contributed by atoms with E-state index in [9.17, 15) is 19.1 Å². The fourth-order valence-corrected chi connectivity index (χ4v) is 6.45. The molecule has 42 heavy (non-hydrogen) atoms. The number of piperidine rings is 1. The van der Waals surface area contributed by atoms with Crippen molar-refractivity contribution in [3.05, 3.63) is 119 Å². The number of halogens is 2. The second-order valence-electron chi connectivity index (χ2n) is 11.1. The topological polar surface area (TPSA) is 78.7 Å². The SMILES string of the molecule is O=C(O)C(c1ccccc1)N1CCC(c2c(C(=O)N3CC[C@H](c4ccccc4)C3)cnn2-c2ccc(F)cc2F)CC1. The first kappa shape index (κ1) is 27.8. The summed E-state index contributed by atoms with van der Waals surface area (Å²) in [4.78, 5) is 30.0. The average Bonchev–Trinajstić information content (AvgIpc) is 3.67. The summed E-state index contributed by atoms with van der Waals surface area (Å²) in [5, 5.41) is 14.5. The van der Waals surface area contributed by atoms with E-state index in [0.29, 0.717) is 55.8 Å². The number of aromatic nitrogens is 2. The van der Waals surface area contributed by atoms with Crippen molar-refractivity contribution in [2.24, 2.45) is 0 Å². The van der Waals surface area contributed by atoms with Crippen LogP contribution in [-0.4, -0.2) is 62.7 Å². The summed E-state index contributed by atoms with van der Waals surface area (Å²) in [5.41, 5.74) is 2.96. The molecule has 3 heterocycles. The van der Waals surface area contributed by atoms with Crippen LogP contribution in [0.2, 0.25) is 0 Å². The summed E-state index contributed by atoms with van der Waals surface area (Å²) >= 11 is 0. The molecule has 9 heteroatoms. The van der Waals surface area contributed by atoms with Crippen LogP contribution in [0.3, 0.4) is 0 Å². The number of hydrogen-bond acceptors (Lipinski definition) is 4. The van der Waals surface area contributed by atoms with Crippen molar-refractivity contribution in [2.75, 3.05) is 26.2 Å². The molecule has 2 aliphatic rings. The highest BCUT2D eigenvalue weighted by atomic mass is 19.1. The summed E-state index contributed by atoms with van der Waals surface area (Å²) < 4.78 is 30.2. The molecule has 0 bridgehead atoms. The molecule has 3 aromatic carbocycles. The molecule has 216 valence electrons. The van der Waals surface area contributed by atoms with Gasteiger partial charge < -0.3 is 10.0 Å². The van der Waals surface area contributed by atoms with Gasteiger partial charge in [0.25, 0.3) is 5.91 Å². The van der Waals surface area contributed by atoms with E-state index in [1.54, 1.807) is 0 Å². The Hall–Kier alpha value is -4.37. The minimum Gasteiger partial charge on any atom is -0.480 e. The van der Waals surface area contributed by atoms with Crippen molar-refractivity contribution in [2.45, 2.75) is 37.1 Å². The largest absolute Gasteiger partial charge is 0.480 e. The number of nitrogens with zero attached hydrogens (tertiary/aromatic N) is 4. The van der Waals surface area contributed by atoms with Crippen LogP contribution in [0, 0.1) is 11.6 Å². The van der Waals surface area contributed by atoms with Gasteiger partial charge in [-0.15, -0.1) is 0 Å². The number of rotatable bonds is 7. The van der Waals surface area contributed by atoms with Gasteiger partial charge >= 0.3 is 5.97 Å². The van der Waals surface area contributed by atoms with Crippen molar-refractivity contribution in [1.29, 1.82) is 0 Å². The van der Waals surface area contributed by atoms with E-state index in [4.69, 9.17) is 0 Å². The number of carbonyl (C=O) groups is 2. The predicted octanol–water partition coefficient (Wildman–Crippen LogP) is 5.79. The summed E-state index contributed by atoms with van der Waals surface area (Å²) in [5.74, 6) is -2.49. The van der Waals surface area contributed by atoms with Crippen LogP contribution in [0.5, 0.6) is 0 Å². The van der Waals surface area contributed by atoms with Crippen LogP contribution in [0.4, 0.5) is 8.78 Å². The third-order valence-electron chi connectivity index (χ3n) is 8.55. The minimum atomic E-state index is -0.920. The highest BCUT2D eigenvalue weighted by Gasteiger charge is 2.36. The predicted molar refractivity (Wildman–Crippen MR) is 154 cm³/mol. The van der Waals surface area contributed by atoms with E-state index in [2.05, 4.69) is 17.2 Å². The summed E-state index contributed by atoms with van der Waals surface area (Å²) in [6, 6.07) is 21.8. The highest BCUT2D eigenvalue weighted by Crippen LogP contribution is 2.37. The second-order valence-corrected chi connectivity index (χ2v) is 11.1. The van der Waals surface area contributed by atoms with Gasteiger partial charge in [-0.05, 0) is 55.6 Å². The Bertz CT molecular complexity index is 1570. The molecular formula is C33H32F2N4O3. The molecule has 7 nitrogen and oxygen atoms in total. The Morgan fingerprint density at radius 2 is 1.52 bits per heavy atom. The van der Waals surface area contributed by atoms with Gasteiger partial charge in [-0.25, -0.2) is 13.5 Å². The maximum Gasteiger partial charge on any atom is 0.325 e. The Morgan fingerprint density at radius 3 is 2.19 bits per heavy atom. The highest BCUT2D eigenvalue weighted by molar-refractivity contribution is 5.95. The number of carboxylic acid groups (broad SMARTS) is 1. The molecule has 1 unspecified atom stereocenters. The van der Waals surface area contributed by atoms with E-state index in [0.717, 1.165) is 12.5 Å². The van der Waals surface area contributed by atoms with E-state index in [1.807, 2.05) is 58.3 Å². The number of carbonyl (C=O) groups excluding carboxylic acids is 1. The van der Waals surface area contributed by atoms with Gasteiger partial charge in [0.15, 0.2) is 5.82 Å². The summed E-state index contributed by atoms with van der Waals surface area (Å²) in [7, 11) is 0. The number of likely N-dealkylation sites (tertiary alicyclic amines) is 2. The van der Waals surface area contributed by atoms with Crippen molar-refractivity contribution < 1.29 is 23.5 Å². The normalized spacial score (nSPS) is 18.7. The van der Waals surface area contributed by atoms with Crippen LogP contribution < -0.4 is 0 Å². The van der Waals surface area contributed by atoms with E-state index in [1.165, 1.54) is 28.6 Å². The average molecular weight is 571 g/mol. The quantitative estimate of drug-likeness (QED) is 0.305. The molecule has 1 aromatic heterocycles.